The van der Waals surface area contributed by atoms with Crippen molar-refractivity contribution in [3.8, 4) is 0 Å². The van der Waals surface area contributed by atoms with Crippen molar-refractivity contribution in [3.05, 3.63) is 29.6 Å². The fourth-order valence-electron chi connectivity index (χ4n) is 1.32. The summed E-state index contributed by atoms with van der Waals surface area (Å²) >= 11 is 0. The van der Waals surface area contributed by atoms with Crippen LogP contribution in [-0.4, -0.2) is 22.9 Å². The van der Waals surface area contributed by atoms with Gasteiger partial charge in [0.15, 0.2) is 0 Å². The summed E-state index contributed by atoms with van der Waals surface area (Å²) in [6.07, 6.45) is -0.824. The summed E-state index contributed by atoms with van der Waals surface area (Å²) in [5.74, 6) is -0.485. The molecule has 0 N–H and O–H groups in total. The molecule has 1 heterocycles. The van der Waals surface area contributed by atoms with E-state index >= 15 is 0 Å². The van der Waals surface area contributed by atoms with Crippen molar-refractivity contribution in [3.63, 3.8) is 0 Å². The second-order valence-corrected chi connectivity index (χ2v) is 3.52. The van der Waals surface area contributed by atoms with Crippen molar-refractivity contribution in [2.75, 3.05) is 7.11 Å². The minimum absolute atomic E-state index is 0.0916. The number of allylic oxidation sites excluding steroid dienone is 1. The summed E-state index contributed by atoms with van der Waals surface area (Å²) in [5.41, 5.74) is -0.409. The van der Waals surface area contributed by atoms with Gasteiger partial charge in [-0.15, -0.1) is 0 Å². The number of ether oxygens (including phenoxy) is 1. The Morgan fingerprint density at radius 3 is 2.67 bits per heavy atom. The van der Waals surface area contributed by atoms with Gasteiger partial charge in [-0.3, -0.25) is 4.68 Å². The van der Waals surface area contributed by atoms with E-state index in [2.05, 4.69) is 9.84 Å². The summed E-state index contributed by atoms with van der Waals surface area (Å²) < 4.78 is 42.6. The molecule has 18 heavy (non-hydrogen) atoms. The predicted octanol–water partition coefficient (Wildman–Crippen LogP) is 2.41. The van der Waals surface area contributed by atoms with Crippen LogP contribution in [0.15, 0.2) is 24.0 Å². The number of aromatic nitrogens is 2. The highest BCUT2D eigenvalue weighted by atomic mass is 19.4. The molecule has 0 saturated carbocycles. The Kier molecular flexibility index (Phi) is 4.52. The molecule has 1 aromatic rings. The van der Waals surface area contributed by atoms with Gasteiger partial charge in [0.05, 0.1) is 25.4 Å². The Hall–Kier alpha value is -1.79. The van der Waals surface area contributed by atoms with Gasteiger partial charge in [0.1, 0.15) is 0 Å². The lowest BCUT2D eigenvalue weighted by molar-refractivity contribution is -0.138. The van der Waals surface area contributed by atoms with Crippen molar-refractivity contribution in [2.24, 2.45) is 0 Å². The first-order valence-electron chi connectivity index (χ1n) is 5.25. The van der Waals surface area contributed by atoms with E-state index in [1.807, 2.05) is 0 Å². The molecule has 1 aromatic heterocycles. The molecule has 4 nitrogen and oxygen atoms in total. The summed E-state index contributed by atoms with van der Waals surface area (Å²) in [6.45, 7) is 1.85. The maximum atomic E-state index is 12.3. The number of methoxy groups -OCH3 is 1. The summed E-state index contributed by atoms with van der Waals surface area (Å²) in [4.78, 5) is 11.2. The number of esters is 1. The summed E-state index contributed by atoms with van der Waals surface area (Å²) in [6, 6.07) is 0. The molecule has 0 aliphatic carbocycles. The average molecular weight is 262 g/mol. The van der Waals surface area contributed by atoms with Crippen molar-refractivity contribution >= 4 is 5.97 Å². The quantitative estimate of drug-likeness (QED) is 0.618. The Morgan fingerprint density at radius 2 is 2.22 bits per heavy atom. The SMILES string of the molecule is CCC(=CCn1cc(C(F)(F)F)cn1)C(=O)OC. The van der Waals surface area contributed by atoms with Crippen LogP contribution >= 0.6 is 0 Å². The zero-order valence-electron chi connectivity index (χ0n) is 9.99. The second kappa shape index (κ2) is 5.70. The van der Waals surface area contributed by atoms with E-state index in [4.69, 9.17) is 0 Å². The number of carbonyl (C=O) groups is 1. The fourth-order valence-corrected chi connectivity index (χ4v) is 1.32. The maximum Gasteiger partial charge on any atom is 0.419 e. The molecule has 0 aliphatic rings. The molecule has 0 aliphatic heterocycles. The van der Waals surface area contributed by atoms with Gasteiger partial charge in [0.2, 0.25) is 0 Å². The maximum absolute atomic E-state index is 12.3. The van der Waals surface area contributed by atoms with Gasteiger partial charge < -0.3 is 4.74 Å². The Balaban J connectivity index is 2.77. The molecule has 0 aromatic carbocycles. The molecule has 100 valence electrons. The van der Waals surface area contributed by atoms with E-state index < -0.39 is 17.7 Å². The molecule has 0 amide bonds. The lowest BCUT2D eigenvalue weighted by Crippen LogP contribution is -2.06. The molecule has 1 rings (SSSR count). The van der Waals surface area contributed by atoms with E-state index in [0.717, 1.165) is 17.1 Å². The topological polar surface area (TPSA) is 44.1 Å². The smallest absolute Gasteiger partial charge is 0.419 e. The first kappa shape index (κ1) is 14.3. The van der Waals surface area contributed by atoms with Crippen LogP contribution in [0.4, 0.5) is 13.2 Å². The zero-order chi connectivity index (χ0) is 13.8. The molecule has 0 spiro atoms. The van der Waals surface area contributed by atoms with E-state index in [-0.39, 0.29) is 6.54 Å². The summed E-state index contributed by atoms with van der Waals surface area (Å²) in [7, 11) is 1.25. The number of alkyl halides is 3. The third-order valence-corrected chi connectivity index (χ3v) is 2.31. The van der Waals surface area contributed by atoms with Crippen molar-refractivity contribution in [1.29, 1.82) is 0 Å². The predicted molar refractivity (Wildman–Crippen MR) is 57.6 cm³/mol. The van der Waals surface area contributed by atoms with E-state index in [9.17, 15) is 18.0 Å². The molecular weight excluding hydrogens is 249 g/mol. The monoisotopic (exact) mass is 262 g/mol. The second-order valence-electron chi connectivity index (χ2n) is 3.52. The molecule has 0 bridgehead atoms. The van der Waals surface area contributed by atoms with Crippen LogP contribution in [0.25, 0.3) is 0 Å². The number of nitrogens with zero attached hydrogens (tertiary/aromatic N) is 2. The van der Waals surface area contributed by atoms with Gasteiger partial charge >= 0.3 is 12.1 Å². The fraction of sp³-hybridized carbons (Fsp3) is 0.455. The number of rotatable bonds is 4. The molecule has 0 unspecified atom stereocenters. The zero-order valence-corrected chi connectivity index (χ0v) is 9.99. The van der Waals surface area contributed by atoms with Gasteiger partial charge in [-0.2, -0.15) is 18.3 Å². The first-order valence-corrected chi connectivity index (χ1v) is 5.25. The van der Waals surface area contributed by atoms with Crippen LogP contribution in [0.5, 0.6) is 0 Å². The average Bonchev–Trinajstić information content (AvgIpc) is 2.78. The van der Waals surface area contributed by atoms with Crippen molar-refractivity contribution < 1.29 is 22.7 Å². The Bertz CT molecular complexity index is 449. The molecular formula is C11H13F3N2O2. The van der Waals surface area contributed by atoms with Crippen LogP contribution in [0, 0.1) is 0 Å². The normalized spacial score (nSPS) is 12.6. The first-order chi connectivity index (χ1) is 8.38. The standard InChI is InChI=1S/C11H13F3N2O2/c1-3-8(10(17)18-2)4-5-16-7-9(6-15-16)11(12,13)14/h4,6-7H,3,5H2,1-2H3. The van der Waals surface area contributed by atoms with Gasteiger partial charge in [-0.05, 0) is 6.42 Å². The lowest BCUT2D eigenvalue weighted by Gasteiger charge is -2.03. The molecule has 0 saturated heterocycles. The molecule has 0 atom stereocenters. The van der Waals surface area contributed by atoms with Crippen LogP contribution in [0.2, 0.25) is 0 Å². The highest BCUT2D eigenvalue weighted by Gasteiger charge is 2.32. The highest BCUT2D eigenvalue weighted by molar-refractivity contribution is 5.88. The Morgan fingerprint density at radius 1 is 1.56 bits per heavy atom. The summed E-state index contributed by atoms with van der Waals surface area (Å²) in [5, 5.41) is 3.57. The Labute approximate surface area is 102 Å². The van der Waals surface area contributed by atoms with Crippen LogP contribution < -0.4 is 0 Å². The molecule has 0 fully saturated rings. The van der Waals surface area contributed by atoms with E-state index in [1.165, 1.54) is 13.2 Å². The van der Waals surface area contributed by atoms with Gasteiger partial charge in [0, 0.05) is 11.8 Å². The van der Waals surface area contributed by atoms with Gasteiger partial charge in [0.25, 0.3) is 0 Å². The highest BCUT2D eigenvalue weighted by Crippen LogP contribution is 2.28. The third-order valence-electron chi connectivity index (χ3n) is 2.31. The largest absolute Gasteiger partial charge is 0.466 e. The minimum Gasteiger partial charge on any atom is -0.466 e. The number of hydrogen-bond acceptors (Lipinski definition) is 3. The van der Waals surface area contributed by atoms with Crippen molar-refractivity contribution in [2.45, 2.75) is 26.1 Å². The van der Waals surface area contributed by atoms with Crippen LogP contribution in [-0.2, 0) is 22.3 Å². The van der Waals surface area contributed by atoms with Gasteiger partial charge in [-0.1, -0.05) is 13.0 Å². The molecule has 0 radical (unpaired) electrons. The van der Waals surface area contributed by atoms with Crippen LogP contribution in [0.1, 0.15) is 18.9 Å². The lowest BCUT2D eigenvalue weighted by atomic mass is 10.2. The van der Waals surface area contributed by atoms with Crippen LogP contribution in [0.3, 0.4) is 0 Å². The number of hydrogen-bond donors (Lipinski definition) is 0. The third kappa shape index (κ3) is 3.61. The van der Waals surface area contributed by atoms with E-state index in [0.29, 0.717) is 12.0 Å². The number of carbonyl (C=O) groups excluding carboxylic acids is 1. The number of halogens is 3. The molecule has 7 heteroatoms. The van der Waals surface area contributed by atoms with E-state index in [1.54, 1.807) is 6.92 Å². The van der Waals surface area contributed by atoms with Gasteiger partial charge in [-0.25, -0.2) is 4.79 Å². The minimum atomic E-state index is -4.40. The van der Waals surface area contributed by atoms with Crippen molar-refractivity contribution in [1.82, 2.24) is 9.78 Å².